The van der Waals surface area contributed by atoms with Crippen LogP contribution in [0.4, 0.5) is 0 Å². The topological polar surface area (TPSA) is 99.1 Å². The van der Waals surface area contributed by atoms with Crippen molar-refractivity contribution in [3.63, 3.8) is 0 Å². The van der Waals surface area contributed by atoms with Gasteiger partial charge in [-0.2, -0.15) is 0 Å². The zero-order chi connectivity index (χ0) is 27.1. The minimum Gasteiger partial charge on any atom is -0.482 e. The molecular formula is C31H41IN2O5. The predicted molar refractivity (Wildman–Crippen MR) is 156 cm³/mol. The van der Waals surface area contributed by atoms with Gasteiger partial charge in [0, 0.05) is 31.0 Å². The van der Waals surface area contributed by atoms with Crippen LogP contribution in [0.2, 0.25) is 0 Å². The van der Waals surface area contributed by atoms with Crippen LogP contribution < -0.4 is 10.1 Å². The summed E-state index contributed by atoms with van der Waals surface area (Å²) in [5.74, 6) is 2.83. The first-order valence-electron chi connectivity index (χ1n) is 14.8. The second-order valence-corrected chi connectivity index (χ2v) is 14.1. The highest BCUT2D eigenvalue weighted by molar-refractivity contribution is 14.1. The third-order valence-electron chi connectivity index (χ3n) is 10.1. The van der Waals surface area contributed by atoms with Crippen molar-refractivity contribution in [2.45, 2.75) is 82.5 Å². The van der Waals surface area contributed by atoms with E-state index in [0.717, 1.165) is 40.6 Å². The lowest BCUT2D eigenvalue weighted by molar-refractivity contribution is -0.153. The molecule has 0 radical (unpaired) electrons. The van der Waals surface area contributed by atoms with Gasteiger partial charge in [-0.25, -0.2) is 0 Å². The maximum absolute atomic E-state index is 14.1. The molecule has 212 valence electrons. The van der Waals surface area contributed by atoms with E-state index in [1.807, 2.05) is 29.2 Å². The molecule has 6 aliphatic carbocycles. The lowest BCUT2D eigenvalue weighted by Gasteiger charge is -2.59. The highest BCUT2D eigenvalue weighted by Gasteiger charge is 2.53. The Bertz CT molecular complexity index is 1080. The van der Waals surface area contributed by atoms with Crippen molar-refractivity contribution >= 4 is 34.4 Å². The zero-order valence-electron chi connectivity index (χ0n) is 22.6. The van der Waals surface area contributed by atoms with Crippen molar-refractivity contribution in [2.75, 3.05) is 19.7 Å². The Morgan fingerprint density at radius 2 is 1.74 bits per heavy atom. The van der Waals surface area contributed by atoms with Crippen LogP contribution >= 0.6 is 22.6 Å². The number of hydrogen-bond acceptors (Lipinski definition) is 5. The van der Waals surface area contributed by atoms with Gasteiger partial charge in [0.25, 0.3) is 0 Å². The smallest absolute Gasteiger partial charge is 0.247 e. The van der Waals surface area contributed by atoms with E-state index >= 15 is 0 Å². The number of amides is 2. The summed E-state index contributed by atoms with van der Waals surface area (Å²) in [5.41, 5.74) is 0.631. The zero-order valence-corrected chi connectivity index (χ0v) is 24.7. The lowest BCUT2D eigenvalue weighted by Crippen LogP contribution is -2.60. The first kappa shape index (κ1) is 27.5. The summed E-state index contributed by atoms with van der Waals surface area (Å²) >= 11 is 2.21. The maximum atomic E-state index is 14.1. The van der Waals surface area contributed by atoms with Crippen LogP contribution in [-0.4, -0.2) is 64.9 Å². The van der Waals surface area contributed by atoms with Crippen molar-refractivity contribution in [1.82, 2.24) is 10.2 Å². The average molecular weight is 649 g/mol. The van der Waals surface area contributed by atoms with Crippen LogP contribution in [0.1, 0.15) is 64.2 Å². The third kappa shape index (κ3) is 5.62. The number of para-hydroxylation sites is 1. The number of carbonyl (C=O) groups excluding carboxylic acids is 2. The number of ether oxygens (including phenoxy) is 1. The molecule has 0 aromatic heterocycles. The molecule has 0 aliphatic heterocycles. The van der Waals surface area contributed by atoms with E-state index in [1.54, 1.807) is 6.08 Å². The Morgan fingerprint density at radius 1 is 1.08 bits per heavy atom. The summed E-state index contributed by atoms with van der Waals surface area (Å²) in [6, 6.07) is 7.10. The molecule has 1 aromatic rings. The van der Waals surface area contributed by atoms with E-state index in [-0.39, 0.29) is 42.7 Å². The van der Waals surface area contributed by atoms with Gasteiger partial charge in [0.05, 0.1) is 16.2 Å². The molecule has 0 spiro atoms. The van der Waals surface area contributed by atoms with Crippen LogP contribution in [0.15, 0.2) is 35.9 Å². The van der Waals surface area contributed by atoms with Gasteiger partial charge < -0.3 is 25.2 Å². The molecule has 7 rings (SSSR count). The van der Waals surface area contributed by atoms with Crippen molar-refractivity contribution in [2.24, 2.45) is 29.1 Å². The maximum Gasteiger partial charge on any atom is 0.247 e. The van der Waals surface area contributed by atoms with Crippen LogP contribution in [0, 0.1) is 32.7 Å². The van der Waals surface area contributed by atoms with Gasteiger partial charge in [-0.15, -0.1) is 0 Å². The number of rotatable bonds is 9. The molecule has 0 unspecified atom stereocenters. The average Bonchev–Trinajstić information content (AvgIpc) is 2.86. The normalized spacial score (nSPS) is 35.2. The largest absolute Gasteiger partial charge is 0.482 e. The fourth-order valence-corrected chi connectivity index (χ4v) is 9.07. The lowest BCUT2D eigenvalue weighted by atomic mass is 9.49. The van der Waals surface area contributed by atoms with Crippen molar-refractivity contribution < 1.29 is 24.5 Å². The fraction of sp³-hybridized carbons (Fsp3) is 0.677. The monoisotopic (exact) mass is 648 g/mol. The number of aliphatic hydroxyl groups is 2. The Labute approximate surface area is 244 Å². The minimum absolute atomic E-state index is 0.0122. The Kier molecular flexibility index (Phi) is 7.99. The third-order valence-corrected chi connectivity index (χ3v) is 11.0. The first-order valence-corrected chi connectivity index (χ1v) is 15.9. The summed E-state index contributed by atoms with van der Waals surface area (Å²) in [6.45, 7) is 0.684. The number of carbonyl (C=O) groups is 2. The molecular weight excluding hydrogens is 607 g/mol. The Balaban J connectivity index is 1.32. The molecule has 5 fully saturated rings. The summed E-state index contributed by atoms with van der Waals surface area (Å²) in [4.78, 5) is 29.2. The van der Waals surface area contributed by atoms with E-state index in [4.69, 9.17) is 4.74 Å². The van der Waals surface area contributed by atoms with Gasteiger partial charge in [-0.3, -0.25) is 9.59 Å². The molecule has 7 nitrogen and oxygen atoms in total. The van der Waals surface area contributed by atoms with Gasteiger partial charge in [0.15, 0.2) is 0 Å². The fourth-order valence-electron chi connectivity index (χ4n) is 8.56. The van der Waals surface area contributed by atoms with Crippen LogP contribution in [0.5, 0.6) is 5.75 Å². The molecule has 1 aromatic carbocycles. The summed E-state index contributed by atoms with van der Waals surface area (Å²) < 4.78 is 7.25. The number of nitrogens with zero attached hydrogens (tertiary/aromatic N) is 1. The molecule has 2 amide bonds. The van der Waals surface area contributed by atoms with Crippen molar-refractivity contribution in [1.29, 1.82) is 0 Å². The number of nitrogens with one attached hydrogen (secondary N) is 1. The predicted octanol–water partition coefficient (Wildman–Crippen LogP) is 4.05. The van der Waals surface area contributed by atoms with E-state index in [1.165, 1.54) is 38.5 Å². The number of halogens is 1. The van der Waals surface area contributed by atoms with Gasteiger partial charge in [-0.05, 0) is 115 Å². The second-order valence-electron chi connectivity index (χ2n) is 13.0. The SMILES string of the molecule is O=C(NCCO)C1=C[C@H](Oc2ccccc2I)[C@@H](O)[C@H](N(CC23CC4CC(CC(C4)C2)C3)C(=O)C2CCC2)C1. The van der Waals surface area contributed by atoms with E-state index in [9.17, 15) is 19.8 Å². The van der Waals surface area contributed by atoms with E-state index in [2.05, 4.69) is 27.9 Å². The van der Waals surface area contributed by atoms with Crippen LogP contribution in [-0.2, 0) is 9.59 Å². The minimum atomic E-state index is -0.951. The summed E-state index contributed by atoms with van der Waals surface area (Å²) in [6.07, 6.45) is 10.7. The standard InChI is InChI=1S/C31H41IN2O5/c32-24-6-1-2-7-26(24)39-27-14-23(29(37)33-8-9-35)13-25(28(27)36)34(30(38)22-4-3-5-22)18-31-15-19-10-20(16-31)12-21(11-19)17-31/h1-2,6-7,14,19-22,25,27-28,35-36H,3-5,8-13,15-18H2,(H,33,37)/t19?,20?,21?,25-,27+,28+,31?/m1/s1. The molecule has 39 heavy (non-hydrogen) atoms. The highest BCUT2D eigenvalue weighted by Crippen LogP contribution is 2.60. The Morgan fingerprint density at radius 3 is 2.33 bits per heavy atom. The second kappa shape index (κ2) is 11.3. The molecule has 8 heteroatoms. The molecule has 4 bridgehead atoms. The molecule has 3 atom stereocenters. The number of aliphatic hydroxyl groups excluding tert-OH is 2. The summed E-state index contributed by atoms with van der Waals surface area (Å²) in [5, 5.41) is 23.9. The van der Waals surface area contributed by atoms with Crippen molar-refractivity contribution in [3.05, 3.63) is 39.5 Å². The van der Waals surface area contributed by atoms with Gasteiger partial charge in [-0.1, -0.05) is 18.6 Å². The molecule has 3 N–H and O–H groups in total. The van der Waals surface area contributed by atoms with Gasteiger partial charge >= 0.3 is 0 Å². The highest BCUT2D eigenvalue weighted by atomic mass is 127. The number of hydrogen-bond donors (Lipinski definition) is 3. The molecule has 5 saturated carbocycles. The summed E-state index contributed by atoms with van der Waals surface area (Å²) in [7, 11) is 0. The van der Waals surface area contributed by atoms with Gasteiger partial charge in [0.1, 0.15) is 18.0 Å². The quantitative estimate of drug-likeness (QED) is 0.351. The van der Waals surface area contributed by atoms with Crippen molar-refractivity contribution in [3.8, 4) is 5.75 Å². The van der Waals surface area contributed by atoms with E-state index < -0.39 is 18.2 Å². The van der Waals surface area contributed by atoms with Crippen LogP contribution in [0.3, 0.4) is 0 Å². The first-order chi connectivity index (χ1) is 18.8. The van der Waals surface area contributed by atoms with Gasteiger partial charge in [0.2, 0.25) is 11.8 Å². The van der Waals surface area contributed by atoms with Crippen LogP contribution in [0.25, 0.3) is 0 Å². The van der Waals surface area contributed by atoms with E-state index in [0.29, 0.717) is 17.9 Å². The molecule has 0 saturated heterocycles. The molecule has 0 heterocycles. The molecule has 6 aliphatic rings. The Hall–Kier alpha value is -1.65. The number of benzene rings is 1.